The number of likely N-dealkylation sites (tertiary alicyclic amines) is 1. The van der Waals surface area contributed by atoms with Crippen LogP contribution in [0.25, 0.3) is 0 Å². The summed E-state index contributed by atoms with van der Waals surface area (Å²) in [4.78, 5) is 25.8. The summed E-state index contributed by atoms with van der Waals surface area (Å²) >= 11 is 1.86. The molecule has 0 aromatic carbocycles. The van der Waals surface area contributed by atoms with Crippen LogP contribution in [0.4, 0.5) is 4.79 Å². The van der Waals surface area contributed by atoms with Gasteiger partial charge in [-0.3, -0.25) is 4.79 Å². The molecule has 5 nitrogen and oxygen atoms in total. The van der Waals surface area contributed by atoms with Gasteiger partial charge in [0.2, 0.25) is 0 Å². The average Bonchev–Trinajstić information content (AvgIpc) is 2.80. The molecule has 1 amide bonds. The summed E-state index contributed by atoms with van der Waals surface area (Å²) in [6.45, 7) is 6.91. The molecule has 1 atom stereocenters. The standard InChI is InChI=1S/C15H25NO4S/c1-14(2,3)20-13(18)16-8-6-15(7-9-16)11(5-10-21-15)12(17)19-4/h11H,5-10H2,1-4H3. The highest BCUT2D eigenvalue weighted by Gasteiger charge is 2.50. The Morgan fingerprint density at radius 3 is 2.38 bits per heavy atom. The Kier molecular flexibility index (Phi) is 4.76. The Morgan fingerprint density at radius 1 is 1.24 bits per heavy atom. The van der Waals surface area contributed by atoms with E-state index in [0.29, 0.717) is 13.1 Å². The van der Waals surface area contributed by atoms with Crippen LogP contribution < -0.4 is 0 Å². The number of ether oxygens (including phenoxy) is 2. The van der Waals surface area contributed by atoms with E-state index in [-0.39, 0.29) is 22.7 Å². The van der Waals surface area contributed by atoms with Crippen molar-refractivity contribution in [2.75, 3.05) is 26.0 Å². The van der Waals surface area contributed by atoms with Crippen LogP contribution in [0.1, 0.15) is 40.0 Å². The summed E-state index contributed by atoms with van der Waals surface area (Å²) in [5.41, 5.74) is -0.469. The van der Waals surface area contributed by atoms with Crippen molar-refractivity contribution in [1.82, 2.24) is 4.90 Å². The largest absolute Gasteiger partial charge is 0.469 e. The van der Waals surface area contributed by atoms with Crippen molar-refractivity contribution in [1.29, 1.82) is 0 Å². The van der Waals surface area contributed by atoms with E-state index in [0.717, 1.165) is 25.0 Å². The summed E-state index contributed by atoms with van der Waals surface area (Å²) in [5, 5.41) is 0. The third kappa shape index (κ3) is 3.65. The third-order valence-electron chi connectivity index (χ3n) is 4.18. The summed E-state index contributed by atoms with van der Waals surface area (Å²) in [5.74, 6) is 0.852. The van der Waals surface area contributed by atoms with Crippen LogP contribution in [0.5, 0.6) is 0 Å². The van der Waals surface area contributed by atoms with Crippen molar-refractivity contribution in [3.8, 4) is 0 Å². The number of carbonyl (C=O) groups is 2. The van der Waals surface area contributed by atoms with Crippen LogP contribution in [-0.2, 0) is 14.3 Å². The van der Waals surface area contributed by atoms with Crippen molar-refractivity contribution < 1.29 is 19.1 Å². The molecule has 0 aromatic rings. The second kappa shape index (κ2) is 6.07. The first-order valence-corrected chi connectivity index (χ1v) is 8.46. The van der Waals surface area contributed by atoms with Crippen molar-refractivity contribution in [2.45, 2.75) is 50.4 Å². The van der Waals surface area contributed by atoms with Crippen LogP contribution in [0.15, 0.2) is 0 Å². The number of rotatable bonds is 1. The van der Waals surface area contributed by atoms with E-state index >= 15 is 0 Å². The van der Waals surface area contributed by atoms with Crippen LogP contribution in [0.3, 0.4) is 0 Å². The third-order valence-corrected chi connectivity index (χ3v) is 5.89. The first-order valence-electron chi connectivity index (χ1n) is 7.47. The number of carbonyl (C=O) groups excluding carboxylic acids is 2. The van der Waals surface area contributed by atoms with Gasteiger partial charge in [0, 0.05) is 17.8 Å². The zero-order valence-electron chi connectivity index (χ0n) is 13.3. The lowest BCUT2D eigenvalue weighted by molar-refractivity contribution is -0.146. The molecule has 21 heavy (non-hydrogen) atoms. The van der Waals surface area contributed by atoms with Crippen molar-refractivity contribution in [3.05, 3.63) is 0 Å². The second-order valence-electron chi connectivity index (χ2n) is 6.75. The minimum absolute atomic E-state index is 0.0340. The smallest absolute Gasteiger partial charge is 0.410 e. The lowest BCUT2D eigenvalue weighted by atomic mass is 9.82. The number of nitrogens with zero attached hydrogens (tertiary/aromatic N) is 1. The molecule has 2 heterocycles. The SMILES string of the molecule is COC(=O)C1CCSC12CCN(C(=O)OC(C)(C)C)CC2. The molecular formula is C15H25NO4S. The zero-order chi connectivity index (χ0) is 15.7. The maximum atomic E-state index is 12.1. The molecule has 0 bridgehead atoms. The van der Waals surface area contributed by atoms with Gasteiger partial charge >= 0.3 is 12.1 Å². The predicted octanol–water partition coefficient (Wildman–Crippen LogP) is 2.68. The molecule has 2 fully saturated rings. The minimum Gasteiger partial charge on any atom is -0.469 e. The Balaban J connectivity index is 1.96. The maximum absolute atomic E-state index is 12.1. The van der Waals surface area contributed by atoms with Gasteiger partial charge in [0.15, 0.2) is 0 Å². The van der Waals surface area contributed by atoms with Crippen molar-refractivity contribution >= 4 is 23.8 Å². The number of hydrogen-bond donors (Lipinski definition) is 0. The molecule has 0 aliphatic carbocycles. The number of amides is 1. The Bertz CT molecular complexity index is 410. The van der Waals surface area contributed by atoms with Crippen LogP contribution >= 0.6 is 11.8 Å². The van der Waals surface area contributed by atoms with E-state index in [1.807, 2.05) is 32.5 Å². The highest BCUT2D eigenvalue weighted by molar-refractivity contribution is 8.01. The quantitative estimate of drug-likeness (QED) is 0.696. The molecule has 6 heteroatoms. The maximum Gasteiger partial charge on any atom is 0.410 e. The molecule has 2 aliphatic heterocycles. The number of piperidine rings is 1. The van der Waals surface area contributed by atoms with Crippen LogP contribution in [0, 0.1) is 5.92 Å². The fraction of sp³-hybridized carbons (Fsp3) is 0.867. The first kappa shape index (κ1) is 16.5. The number of hydrogen-bond acceptors (Lipinski definition) is 5. The molecule has 2 aliphatic rings. The number of methoxy groups -OCH3 is 1. The highest BCUT2D eigenvalue weighted by atomic mass is 32.2. The molecule has 2 rings (SSSR count). The molecule has 1 unspecified atom stereocenters. The fourth-order valence-corrected chi connectivity index (χ4v) is 4.75. The summed E-state index contributed by atoms with van der Waals surface area (Å²) in [6.07, 6.45) is 2.28. The highest BCUT2D eigenvalue weighted by Crippen LogP contribution is 2.50. The van der Waals surface area contributed by atoms with E-state index in [9.17, 15) is 9.59 Å². The number of esters is 1. The predicted molar refractivity (Wildman–Crippen MR) is 82.4 cm³/mol. The van der Waals surface area contributed by atoms with E-state index in [1.54, 1.807) is 4.90 Å². The molecule has 0 aromatic heterocycles. The Labute approximate surface area is 130 Å². The fourth-order valence-electron chi connectivity index (χ4n) is 3.11. The Morgan fingerprint density at radius 2 is 1.86 bits per heavy atom. The monoisotopic (exact) mass is 315 g/mol. The normalized spacial score (nSPS) is 25.0. The van der Waals surface area contributed by atoms with Gasteiger partial charge in [-0.1, -0.05) is 0 Å². The first-order chi connectivity index (χ1) is 9.77. The summed E-state index contributed by atoms with van der Waals surface area (Å²) in [7, 11) is 1.45. The van der Waals surface area contributed by atoms with E-state index in [1.165, 1.54) is 7.11 Å². The van der Waals surface area contributed by atoms with Gasteiger partial charge in [-0.15, -0.1) is 0 Å². The molecule has 0 N–H and O–H groups in total. The van der Waals surface area contributed by atoms with Gasteiger partial charge in [0.25, 0.3) is 0 Å². The van der Waals surface area contributed by atoms with Gasteiger partial charge in [0.05, 0.1) is 13.0 Å². The van der Waals surface area contributed by atoms with Crippen LogP contribution in [-0.4, -0.2) is 53.3 Å². The van der Waals surface area contributed by atoms with Gasteiger partial charge in [-0.2, -0.15) is 11.8 Å². The minimum atomic E-state index is -0.469. The van der Waals surface area contributed by atoms with E-state index < -0.39 is 5.60 Å². The Hall–Kier alpha value is -0.910. The topological polar surface area (TPSA) is 55.8 Å². The lowest BCUT2D eigenvalue weighted by Crippen LogP contribution is -2.49. The summed E-state index contributed by atoms with van der Waals surface area (Å²) in [6, 6.07) is 0. The molecule has 1 spiro atoms. The van der Waals surface area contributed by atoms with E-state index in [4.69, 9.17) is 9.47 Å². The molecule has 0 radical (unpaired) electrons. The lowest BCUT2D eigenvalue weighted by Gasteiger charge is -2.41. The van der Waals surface area contributed by atoms with Gasteiger partial charge in [-0.05, 0) is 45.8 Å². The average molecular weight is 315 g/mol. The van der Waals surface area contributed by atoms with Crippen molar-refractivity contribution in [3.63, 3.8) is 0 Å². The van der Waals surface area contributed by atoms with Crippen LogP contribution in [0.2, 0.25) is 0 Å². The molecule has 2 saturated heterocycles. The van der Waals surface area contributed by atoms with Gasteiger partial charge in [-0.25, -0.2) is 4.79 Å². The molecule has 0 saturated carbocycles. The van der Waals surface area contributed by atoms with Gasteiger partial charge in [0.1, 0.15) is 5.60 Å². The molecular weight excluding hydrogens is 290 g/mol. The molecule has 120 valence electrons. The summed E-state index contributed by atoms with van der Waals surface area (Å²) < 4.78 is 10.3. The van der Waals surface area contributed by atoms with Crippen molar-refractivity contribution in [2.24, 2.45) is 5.92 Å². The zero-order valence-corrected chi connectivity index (χ0v) is 14.1. The number of thioether (sulfide) groups is 1. The second-order valence-corrected chi connectivity index (χ2v) is 8.26. The van der Waals surface area contributed by atoms with Gasteiger partial charge < -0.3 is 14.4 Å². The van der Waals surface area contributed by atoms with E-state index in [2.05, 4.69) is 0 Å².